The first kappa shape index (κ1) is 54.4. The van der Waals surface area contributed by atoms with Gasteiger partial charge in [-0.2, -0.15) is 0 Å². The molecule has 73 heavy (non-hydrogen) atoms. The Labute approximate surface area is 417 Å². The van der Waals surface area contributed by atoms with Crippen LogP contribution in [0.25, 0.3) is 33.4 Å². The minimum Gasteiger partial charge on any atom is -0.478 e. The summed E-state index contributed by atoms with van der Waals surface area (Å²) in [4.78, 5) is 28.7. The molecular formula is C48H66N7O18+. The lowest BCUT2D eigenvalue weighted by Gasteiger charge is -2.47. The number of carbonyl (C=O) groups is 2. The fraction of sp³-hybridized carbons (Fsp3) is 0.562. The zero-order chi connectivity index (χ0) is 52.9. The number of aliphatic hydroxyl groups is 8. The predicted octanol–water partition coefficient (Wildman–Crippen LogP) is -5.08. The Kier molecular flexibility index (Phi) is 16.5. The Morgan fingerprint density at radius 1 is 0.685 bits per heavy atom. The summed E-state index contributed by atoms with van der Waals surface area (Å²) in [6.45, 7) is -1.94. The number of carbonyl (C=O) groups excluding carboxylic acids is 1. The Hall–Kier alpha value is -4.85. The standard InChI is InChI=1S/C48H65N7O18/c1-54(2)19-6-9-22-27(12-19)67-28-13-20(55(3)4)7-10-23(28)32(22)21-8-5-18(11-24(21)45(65)66)44(64)53-15-29-36(59)38(61)33(51)46(68-29)72-42-31(17-57)70-48(40(42)63)73-43-35(58)25(49)14-26(50)41(43)71-47-34(52)39(62)37(60)30(16-56)69-47/h5-13,25-26,29-31,33-43,46-48,56-63H,14-17,49-52H2,1-4H3,(H-,53,64,65,66)/p+1/t25-,26+,29+,30-,31-,33-,34-,35+,36-,37-,38-,39-,40-,41-,42-,43-,46-,47-,48+/m1/s1. The molecule has 18 N–H and O–H groups in total. The van der Waals surface area contributed by atoms with Crippen molar-refractivity contribution in [1.82, 2.24) is 9.89 Å². The van der Waals surface area contributed by atoms with Crippen molar-refractivity contribution in [2.45, 2.75) is 123 Å². The summed E-state index contributed by atoms with van der Waals surface area (Å²) in [6.07, 6.45) is -22.9. The van der Waals surface area contributed by atoms with Crippen molar-refractivity contribution < 1.29 is 88.4 Å². The number of nitrogens with zero attached hydrogens (tertiary/aromatic N) is 2. The van der Waals surface area contributed by atoms with Crippen LogP contribution in [0.2, 0.25) is 0 Å². The van der Waals surface area contributed by atoms with Gasteiger partial charge in [0.2, 0.25) is 5.36 Å². The van der Waals surface area contributed by atoms with Crippen LogP contribution in [0.3, 0.4) is 0 Å². The van der Waals surface area contributed by atoms with Gasteiger partial charge in [-0.25, -0.2) is 9.37 Å². The zero-order valence-corrected chi connectivity index (χ0v) is 40.4. The van der Waals surface area contributed by atoms with Gasteiger partial charge in [0, 0.05) is 72.6 Å². The molecule has 0 radical (unpaired) electrons. The quantitative estimate of drug-likeness (QED) is 0.0415. The monoisotopic (exact) mass is 1030 g/mol. The first-order valence-electron chi connectivity index (χ1n) is 23.7. The molecule has 0 spiro atoms. The minimum absolute atomic E-state index is 0.000927. The summed E-state index contributed by atoms with van der Waals surface area (Å²) in [7, 11) is 7.55. The van der Waals surface area contributed by atoms with Gasteiger partial charge in [0.05, 0.1) is 43.0 Å². The van der Waals surface area contributed by atoms with Gasteiger partial charge in [-0.1, -0.05) is 6.07 Å². The third-order valence-corrected chi connectivity index (χ3v) is 14.1. The number of fused-ring (bicyclic) bond motifs is 2. The number of ether oxygens (including phenoxy) is 6. The number of benzene rings is 3. The zero-order valence-electron chi connectivity index (χ0n) is 40.4. The van der Waals surface area contributed by atoms with Gasteiger partial charge in [0.15, 0.2) is 18.9 Å². The van der Waals surface area contributed by atoms with E-state index in [0.29, 0.717) is 33.4 Å². The molecule has 8 rings (SSSR count). The maximum absolute atomic E-state index is 13.8. The van der Waals surface area contributed by atoms with Crippen molar-refractivity contribution in [3.63, 3.8) is 0 Å². The Morgan fingerprint density at radius 2 is 1.29 bits per heavy atom. The average Bonchev–Trinajstić information content (AvgIpc) is 3.66. The van der Waals surface area contributed by atoms with Gasteiger partial charge in [-0.05, 0) is 42.3 Å². The van der Waals surface area contributed by atoms with Gasteiger partial charge in [-0.3, -0.25) is 4.79 Å². The molecule has 1 amide bonds. The lowest BCUT2D eigenvalue weighted by molar-refractivity contribution is -0.310. The molecule has 2 aromatic carbocycles. The second-order valence-corrected chi connectivity index (χ2v) is 19.4. The summed E-state index contributed by atoms with van der Waals surface area (Å²) < 4.78 is 43.8. The van der Waals surface area contributed by atoms with Crippen molar-refractivity contribution >= 4 is 28.5 Å². The van der Waals surface area contributed by atoms with Crippen LogP contribution in [0.5, 0.6) is 0 Å². The lowest BCUT2D eigenvalue weighted by atomic mass is 9.84. The van der Waals surface area contributed by atoms with Crippen LogP contribution < -0.4 is 43.1 Å². The maximum atomic E-state index is 13.8. The minimum atomic E-state index is -1.78. The van der Waals surface area contributed by atoms with Crippen molar-refractivity contribution in [2.24, 2.45) is 22.9 Å². The number of nitrogens with one attached hydrogen (secondary N) is 1. The predicted molar refractivity (Wildman–Crippen MR) is 256 cm³/mol. The van der Waals surface area contributed by atoms with E-state index >= 15 is 0 Å². The molecule has 25 nitrogen and oxygen atoms in total. The summed E-state index contributed by atoms with van der Waals surface area (Å²) >= 11 is 0. The molecule has 0 aromatic heterocycles. The average molecular weight is 1030 g/mol. The molecule has 2 aliphatic carbocycles. The molecule has 25 heteroatoms. The third-order valence-electron chi connectivity index (χ3n) is 14.1. The van der Waals surface area contributed by atoms with Crippen LogP contribution in [-0.4, -0.2) is 222 Å². The smallest absolute Gasteiger partial charge is 0.336 e. The SMILES string of the molecule is CN(C)c1ccc2c(-c3ccc(C(=O)NC[C@@H]4O[C@H](O[C@H]5[C@@H](O)[C@H](O[C@@H]6[C@@H](O)[C@H](N)C[C@H](N)[C@H]6O[C@H]6O[C@H](CO)[C@@H](O)[C@H](O)[C@H]6N)O[C@@H]5CO)[C@H](N)[C@@H](O)[C@@H]4O)cc3C(=O)O)c3ccc(=[N+](C)C)cc-3oc2c1. The number of rotatable bonds is 14. The highest BCUT2D eigenvalue weighted by atomic mass is 16.8. The highest BCUT2D eigenvalue weighted by molar-refractivity contribution is 6.09. The number of nitrogens with two attached hydrogens (primary N) is 4. The molecule has 2 aromatic rings. The molecule has 400 valence electrons. The number of amides is 1. The van der Waals surface area contributed by atoms with E-state index in [2.05, 4.69) is 5.32 Å². The van der Waals surface area contributed by atoms with Gasteiger partial charge in [0.1, 0.15) is 92.6 Å². The van der Waals surface area contributed by atoms with Gasteiger partial charge >= 0.3 is 5.97 Å². The number of hydrogen-bond donors (Lipinski definition) is 14. The molecule has 1 saturated carbocycles. The van der Waals surface area contributed by atoms with E-state index in [9.17, 15) is 55.5 Å². The number of aromatic carboxylic acids is 1. The normalized spacial score (nSPS) is 35.8. The number of carboxylic acid groups (broad SMARTS) is 1. The topological polar surface area (TPSA) is 407 Å². The molecule has 0 unspecified atom stereocenters. The summed E-state index contributed by atoms with van der Waals surface area (Å²) in [5.74, 6) is -1.58. The molecular weight excluding hydrogens is 963 g/mol. The second-order valence-electron chi connectivity index (χ2n) is 19.4. The fourth-order valence-corrected chi connectivity index (χ4v) is 9.76. The van der Waals surface area contributed by atoms with Crippen LogP contribution in [0.1, 0.15) is 27.1 Å². The first-order chi connectivity index (χ1) is 34.6. The Bertz CT molecular complexity index is 2650. The summed E-state index contributed by atoms with van der Waals surface area (Å²) in [6, 6.07) is 10.6. The Morgan fingerprint density at radius 3 is 1.92 bits per heavy atom. The van der Waals surface area contributed by atoms with Gasteiger partial charge < -0.3 is 112 Å². The van der Waals surface area contributed by atoms with Crippen LogP contribution in [0.4, 0.5) is 5.69 Å². The molecule has 4 aliphatic heterocycles. The van der Waals surface area contributed by atoms with Gasteiger partial charge in [0.25, 0.3) is 5.91 Å². The molecule has 6 aliphatic rings. The van der Waals surface area contributed by atoms with Crippen LogP contribution >= 0.6 is 0 Å². The number of anilines is 1. The van der Waals surface area contributed by atoms with Gasteiger partial charge in [-0.15, -0.1) is 0 Å². The highest BCUT2D eigenvalue weighted by Gasteiger charge is 2.54. The first-order valence-corrected chi connectivity index (χ1v) is 23.7. The summed E-state index contributed by atoms with van der Waals surface area (Å²) in [5, 5.41) is 101. The summed E-state index contributed by atoms with van der Waals surface area (Å²) in [5.41, 5.74) is 27.6. The fourth-order valence-electron chi connectivity index (χ4n) is 9.76. The molecule has 4 heterocycles. The largest absolute Gasteiger partial charge is 0.478 e. The molecule has 3 saturated heterocycles. The second kappa shape index (κ2) is 22.2. The molecule has 19 atom stereocenters. The van der Waals surface area contributed by atoms with E-state index in [1.54, 1.807) is 0 Å². The number of hydrogen-bond acceptors (Lipinski definition) is 22. The van der Waals surface area contributed by atoms with Crippen LogP contribution in [0.15, 0.2) is 59.0 Å². The van der Waals surface area contributed by atoms with E-state index in [1.807, 2.05) is 74.1 Å². The van der Waals surface area contributed by atoms with Crippen molar-refractivity contribution in [3.05, 3.63) is 71.1 Å². The molecule has 0 bridgehead atoms. The lowest BCUT2D eigenvalue weighted by Crippen LogP contribution is -2.68. The number of aliphatic hydroxyl groups excluding tert-OH is 8. The van der Waals surface area contributed by atoms with Crippen molar-refractivity contribution in [3.8, 4) is 22.5 Å². The van der Waals surface area contributed by atoms with E-state index < -0.39 is 148 Å². The molecule has 4 fully saturated rings. The van der Waals surface area contributed by atoms with E-state index in [4.69, 9.17) is 55.8 Å². The van der Waals surface area contributed by atoms with Crippen LogP contribution in [0, 0.1) is 0 Å². The Balaban J connectivity index is 0.978. The van der Waals surface area contributed by atoms with E-state index in [-0.39, 0.29) is 17.5 Å². The maximum Gasteiger partial charge on any atom is 0.336 e. The van der Waals surface area contributed by atoms with E-state index in [0.717, 1.165) is 11.0 Å². The highest BCUT2D eigenvalue weighted by Crippen LogP contribution is 2.42. The number of carboxylic acids is 1. The van der Waals surface area contributed by atoms with Crippen molar-refractivity contribution in [2.75, 3.05) is 52.8 Å². The third kappa shape index (κ3) is 10.7. The van der Waals surface area contributed by atoms with Crippen LogP contribution in [-0.2, 0) is 28.4 Å². The van der Waals surface area contributed by atoms with Crippen molar-refractivity contribution in [1.29, 1.82) is 0 Å². The van der Waals surface area contributed by atoms with E-state index in [1.165, 1.54) is 18.2 Å².